The van der Waals surface area contributed by atoms with Crippen LogP contribution in [0.5, 0.6) is 0 Å². The Kier molecular flexibility index (Phi) is 5.57. The Hall–Kier alpha value is -1.98. The Morgan fingerprint density at radius 3 is 1.92 bits per heavy atom. The van der Waals surface area contributed by atoms with Crippen molar-refractivity contribution < 1.29 is 19.1 Å². The lowest BCUT2D eigenvalue weighted by Crippen LogP contribution is -2.32. The van der Waals surface area contributed by atoms with Gasteiger partial charge in [0.1, 0.15) is 0 Å². The van der Waals surface area contributed by atoms with Gasteiger partial charge in [0, 0.05) is 21.4 Å². The first-order valence-corrected chi connectivity index (χ1v) is 7.87. The SMILES string of the molecule is COC(=O)C1=C(C)NC(C)=C(C(=O)OC)C1c1ccc(Cl)cc1Cl. The summed E-state index contributed by atoms with van der Waals surface area (Å²) >= 11 is 12.3. The molecule has 7 heteroatoms. The number of methoxy groups -OCH3 is 2. The van der Waals surface area contributed by atoms with Crippen molar-refractivity contribution >= 4 is 35.1 Å². The zero-order valence-electron chi connectivity index (χ0n) is 13.7. The van der Waals surface area contributed by atoms with Crippen LogP contribution in [-0.2, 0) is 19.1 Å². The molecular formula is C17H17Cl2NO4. The van der Waals surface area contributed by atoms with E-state index in [9.17, 15) is 9.59 Å². The molecule has 128 valence electrons. The monoisotopic (exact) mass is 369 g/mol. The van der Waals surface area contributed by atoms with E-state index in [0.717, 1.165) is 0 Å². The van der Waals surface area contributed by atoms with E-state index in [2.05, 4.69) is 5.32 Å². The molecule has 0 atom stereocenters. The van der Waals surface area contributed by atoms with Crippen molar-refractivity contribution in [3.05, 3.63) is 56.3 Å². The highest BCUT2D eigenvalue weighted by Gasteiger charge is 2.38. The van der Waals surface area contributed by atoms with Crippen LogP contribution >= 0.6 is 23.2 Å². The van der Waals surface area contributed by atoms with Crippen LogP contribution in [0, 0.1) is 0 Å². The fourth-order valence-electron chi connectivity index (χ4n) is 2.80. The Bertz CT molecular complexity index is 730. The molecule has 0 saturated heterocycles. The zero-order chi connectivity index (χ0) is 18.0. The molecule has 0 radical (unpaired) electrons. The molecule has 5 nitrogen and oxygen atoms in total. The molecule has 1 aromatic carbocycles. The Labute approximate surface area is 150 Å². The van der Waals surface area contributed by atoms with Crippen LogP contribution in [0.15, 0.2) is 40.7 Å². The Morgan fingerprint density at radius 2 is 1.50 bits per heavy atom. The summed E-state index contributed by atoms with van der Waals surface area (Å²) in [6.07, 6.45) is 0. The van der Waals surface area contributed by atoms with E-state index in [1.54, 1.807) is 32.0 Å². The van der Waals surface area contributed by atoms with E-state index in [0.29, 0.717) is 38.1 Å². The number of benzene rings is 1. The quantitative estimate of drug-likeness (QED) is 0.824. The summed E-state index contributed by atoms with van der Waals surface area (Å²) < 4.78 is 9.78. The van der Waals surface area contributed by atoms with Crippen LogP contribution in [-0.4, -0.2) is 26.2 Å². The van der Waals surface area contributed by atoms with Crippen molar-refractivity contribution in [1.29, 1.82) is 0 Å². The van der Waals surface area contributed by atoms with Crippen molar-refractivity contribution in [3.63, 3.8) is 0 Å². The minimum Gasteiger partial charge on any atom is -0.466 e. The highest BCUT2D eigenvalue weighted by atomic mass is 35.5. The number of carbonyl (C=O) groups is 2. The van der Waals surface area contributed by atoms with Gasteiger partial charge in [0.25, 0.3) is 0 Å². The van der Waals surface area contributed by atoms with Gasteiger partial charge in [-0.05, 0) is 31.5 Å². The van der Waals surface area contributed by atoms with Crippen LogP contribution < -0.4 is 5.32 Å². The van der Waals surface area contributed by atoms with Gasteiger partial charge in [-0.25, -0.2) is 9.59 Å². The summed E-state index contributed by atoms with van der Waals surface area (Å²) in [4.78, 5) is 24.7. The molecule has 0 amide bonds. The predicted molar refractivity (Wildman–Crippen MR) is 91.8 cm³/mol. The molecule has 0 aromatic heterocycles. The van der Waals surface area contributed by atoms with Crippen molar-refractivity contribution in [1.82, 2.24) is 5.32 Å². The van der Waals surface area contributed by atoms with Crippen LogP contribution in [0.4, 0.5) is 0 Å². The summed E-state index contributed by atoms with van der Waals surface area (Å²) in [5.41, 5.74) is 2.34. The van der Waals surface area contributed by atoms with Gasteiger partial charge in [0.05, 0.1) is 31.3 Å². The molecule has 0 bridgehead atoms. The van der Waals surface area contributed by atoms with Crippen LogP contribution in [0.1, 0.15) is 25.3 Å². The topological polar surface area (TPSA) is 64.6 Å². The number of esters is 2. The van der Waals surface area contributed by atoms with Gasteiger partial charge in [-0.1, -0.05) is 29.3 Å². The summed E-state index contributed by atoms with van der Waals surface area (Å²) in [7, 11) is 2.57. The van der Waals surface area contributed by atoms with E-state index in [1.165, 1.54) is 14.2 Å². The van der Waals surface area contributed by atoms with Gasteiger partial charge in [0.2, 0.25) is 0 Å². The number of hydrogen-bond donors (Lipinski definition) is 1. The lowest BCUT2D eigenvalue weighted by atomic mass is 9.80. The van der Waals surface area contributed by atoms with Gasteiger partial charge >= 0.3 is 11.9 Å². The third-order valence-electron chi connectivity index (χ3n) is 3.84. The standard InChI is InChI=1S/C17H17Cl2NO4/c1-8-13(16(21)23-3)15(11-6-5-10(18)7-12(11)19)14(9(2)20-8)17(22)24-4/h5-7,15,20H,1-4H3. The van der Waals surface area contributed by atoms with Crippen LogP contribution in [0.3, 0.4) is 0 Å². The van der Waals surface area contributed by atoms with Gasteiger partial charge < -0.3 is 14.8 Å². The second-order valence-electron chi connectivity index (χ2n) is 5.28. The highest BCUT2D eigenvalue weighted by molar-refractivity contribution is 6.35. The minimum absolute atomic E-state index is 0.299. The number of halogens is 2. The molecule has 0 fully saturated rings. The van der Waals surface area contributed by atoms with Gasteiger partial charge in [0.15, 0.2) is 0 Å². The molecule has 0 unspecified atom stereocenters. The molecule has 1 N–H and O–H groups in total. The molecule has 24 heavy (non-hydrogen) atoms. The lowest BCUT2D eigenvalue weighted by Gasteiger charge is -2.30. The van der Waals surface area contributed by atoms with E-state index < -0.39 is 17.9 Å². The molecule has 0 aliphatic carbocycles. The molecule has 1 heterocycles. The second kappa shape index (κ2) is 7.28. The average Bonchev–Trinajstić information content (AvgIpc) is 2.53. The average molecular weight is 370 g/mol. The van der Waals surface area contributed by atoms with Gasteiger partial charge in [-0.2, -0.15) is 0 Å². The Morgan fingerprint density at radius 1 is 1.00 bits per heavy atom. The van der Waals surface area contributed by atoms with Crippen LogP contribution in [0.2, 0.25) is 10.0 Å². The minimum atomic E-state index is -0.712. The number of carbonyl (C=O) groups excluding carboxylic acids is 2. The molecule has 1 aromatic rings. The number of dihydropyridines is 1. The van der Waals surface area contributed by atoms with Crippen molar-refractivity contribution in [2.45, 2.75) is 19.8 Å². The van der Waals surface area contributed by atoms with E-state index in [1.807, 2.05) is 0 Å². The first-order valence-electron chi connectivity index (χ1n) is 7.12. The number of rotatable bonds is 3. The molecule has 2 rings (SSSR count). The van der Waals surface area contributed by atoms with E-state index in [4.69, 9.17) is 32.7 Å². The maximum Gasteiger partial charge on any atom is 0.336 e. The normalized spacial score (nSPS) is 15.2. The number of ether oxygens (including phenoxy) is 2. The van der Waals surface area contributed by atoms with Crippen molar-refractivity contribution in [2.24, 2.45) is 0 Å². The van der Waals surface area contributed by atoms with Gasteiger partial charge in [-0.15, -0.1) is 0 Å². The molecule has 1 aliphatic heterocycles. The summed E-state index contributed by atoms with van der Waals surface area (Å²) in [5, 5.41) is 3.83. The third kappa shape index (κ3) is 3.28. The molecule has 0 saturated carbocycles. The van der Waals surface area contributed by atoms with Crippen molar-refractivity contribution in [2.75, 3.05) is 14.2 Å². The Balaban J connectivity index is 2.74. The smallest absolute Gasteiger partial charge is 0.336 e. The molecular weight excluding hydrogens is 353 g/mol. The number of nitrogens with one attached hydrogen (secondary N) is 1. The first kappa shape index (κ1) is 18.4. The van der Waals surface area contributed by atoms with E-state index in [-0.39, 0.29) is 0 Å². The highest BCUT2D eigenvalue weighted by Crippen LogP contribution is 2.42. The fourth-order valence-corrected chi connectivity index (χ4v) is 3.32. The fraction of sp³-hybridized carbons (Fsp3) is 0.294. The van der Waals surface area contributed by atoms with Crippen LogP contribution in [0.25, 0.3) is 0 Å². The predicted octanol–water partition coefficient (Wildman–Crippen LogP) is 3.57. The maximum absolute atomic E-state index is 12.3. The summed E-state index contributed by atoms with van der Waals surface area (Å²) in [6, 6.07) is 4.90. The summed E-state index contributed by atoms with van der Waals surface area (Å²) in [5.74, 6) is -1.81. The largest absolute Gasteiger partial charge is 0.466 e. The lowest BCUT2D eigenvalue weighted by molar-refractivity contribution is -0.137. The second-order valence-corrected chi connectivity index (χ2v) is 6.13. The van der Waals surface area contributed by atoms with Gasteiger partial charge in [-0.3, -0.25) is 0 Å². The molecule has 0 spiro atoms. The summed E-state index contributed by atoms with van der Waals surface area (Å²) in [6.45, 7) is 3.47. The third-order valence-corrected chi connectivity index (χ3v) is 4.41. The zero-order valence-corrected chi connectivity index (χ0v) is 15.2. The first-order chi connectivity index (χ1) is 11.3. The maximum atomic E-state index is 12.3. The number of hydrogen-bond acceptors (Lipinski definition) is 5. The van der Waals surface area contributed by atoms with Crippen molar-refractivity contribution in [3.8, 4) is 0 Å². The molecule has 1 aliphatic rings. The van der Waals surface area contributed by atoms with E-state index >= 15 is 0 Å². The number of allylic oxidation sites excluding steroid dienone is 2.